The molecule has 0 heterocycles. The van der Waals surface area contributed by atoms with Crippen LogP contribution in [0.3, 0.4) is 0 Å². The highest BCUT2D eigenvalue weighted by Crippen LogP contribution is 2.38. The fraction of sp³-hybridized carbons (Fsp3) is 0.323. The minimum atomic E-state index is -0.904. The van der Waals surface area contributed by atoms with Gasteiger partial charge in [0.1, 0.15) is 6.04 Å². The molecule has 1 aliphatic rings. The van der Waals surface area contributed by atoms with E-state index in [2.05, 4.69) is 10.6 Å². The van der Waals surface area contributed by atoms with Crippen LogP contribution in [0.4, 0.5) is 10.5 Å². The van der Waals surface area contributed by atoms with Gasteiger partial charge in [0.25, 0.3) is 0 Å². The van der Waals surface area contributed by atoms with Crippen LogP contribution in [0, 0.1) is 5.92 Å². The monoisotopic (exact) mass is 528 g/mol. The first-order chi connectivity index (χ1) is 19.0. The fourth-order valence-electron chi connectivity index (χ4n) is 5.15. The zero-order chi connectivity index (χ0) is 27.6. The van der Waals surface area contributed by atoms with Gasteiger partial charge in [0.2, 0.25) is 11.8 Å². The third-order valence-electron chi connectivity index (χ3n) is 7.24. The number of para-hydroxylation sites is 1. The van der Waals surface area contributed by atoms with Gasteiger partial charge in [0, 0.05) is 18.2 Å². The molecule has 1 aliphatic carbocycles. The van der Waals surface area contributed by atoms with Gasteiger partial charge in [-0.25, -0.2) is 4.79 Å². The molecule has 0 saturated heterocycles. The molecule has 1 saturated carbocycles. The maximum absolute atomic E-state index is 13.2. The maximum Gasteiger partial charge on any atom is 0.322 e. The summed E-state index contributed by atoms with van der Waals surface area (Å²) >= 11 is 0. The van der Waals surface area contributed by atoms with Crippen molar-refractivity contribution in [2.45, 2.75) is 44.2 Å². The van der Waals surface area contributed by atoms with Gasteiger partial charge < -0.3 is 16.2 Å². The predicted octanol–water partition coefficient (Wildman–Crippen LogP) is 4.01. The molecule has 8 heteroatoms. The molecular weight excluding hydrogens is 492 g/mol. The number of nitrogens with zero attached hydrogens (tertiary/aromatic N) is 1. The highest BCUT2D eigenvalue weighted by atomic mass is 16.3. The Balaban J connectivity index is 1.45. The molecule has 8 nitrogen and oxygen atoms in total. The number of carbonyl (C=O) groups is 3. The number of imide groups is 1. The summed E-state index contributed by atoms with van der Waals surface area (Å²) in [4.78, 5) is 40.3. The lowest BCUT2D eigenvalue weighted by molar-refractivity contribution is -0.134. The zero-order valence-corrected chi connectivity index (χ0v) is 22.0. The van der Waals surface area contributed by atoms with Crippen molar-refractivity contribution in [2.24, 2.45) is 11.7 Å². The fourth-order valence-corrected chi connectivity index (χ4v) is 5.15. The van der Waals surface area contributed by atoms with Crippen LogP contribution in [0.25, 0.3) is 0 Å². The molecule has 0 spiro atoms. The molecule has 4 amide bonds. The first-order valence-electron chi connectivity index (χ1n) is 13.4. The van der Waals surface area contributed by atoms with E-state index in [0.29, 0.717) is 18.5 Å². The zero-order valence-electron chi connectivity index (χ0n) is 22.0. The van der Waals surface area contributed by atoms with Crippen LogP contribution in [-0.2, 0) is 16.1 Å². The molecule has 0 aromatic heterocycles. The molecule has 1 fully saturated rings. The number of urea groups is 1. The van der Waals surface area contributed by atoms with Crippen LogP contribution in [0.2, 0.25) is 0 Å². The Morgan fingerprint density at radius 3 is 2.21 bits per heavy atom. The van der Waals surface area contributed by atoms with Gasteiger partial charge in [-0.15, -0.1) is 0 Å². The lowest BCUT2D eigenvalue weighted by Crippen LogP contribution is -2.43. The van der Waals surface area contributed by atoms with Crippen LogP contribution in [-0.4, -0.2) is 36.1 Å². The molecular formula is C31H36N4O4. The number of nitrogens with one attached hydrogen (secondary N) is 2. The van der Waals surface area contributed by atoms with Crippen LogP contribution >= 0.6 is 0 Å². The van der Waals surface area contributed by atoms with Crippen LogP contribution in [0.1, 0.15) is 54.3 Å². The predicted molar refractivity (Wildman–Crippen MR) is 151 cm³/mol. The van der Waals surface area contributed by atoms with Gasteiger partial charge >= 0.3 is 6.03 Å². The summed E-state index contributed by atoms with van der Waals surface area (Å²) in [5, 5.41) is 14.4. The number of aliphatic hydroxyl groups is 1. The Kier molecular flexibility index (Phi) is 9.83. The van der Waals surface area contributed by atoms with E-state index in [4.69, 9.17) is 10.8 Å². The second-order valence-corrected chi connectivity index (χ2v) is 9.86. The van der Waals surface area contributed by atoms with E-state index in [1.807, 2.05) is 72.8 Å². The van der Waals surface area contributed by atoms with E-state index in [0.717, 1.165) is 36.1 Å². The van der Waals surface area contributed by atoms with Crippen molar-refractivity contribution in [1.82, 2.24) is 10.6 Å². The van der Waals surface area contributed by atoms with Gasteiger partial charge in [-0.3, -0.25) is 19.8 Å². The van der Waals surface area contributed by atoms with E-state index in [1.54, 1.807) is 17.0 Å². The number of rotatable bonds is 9. The van der Waals surface area contributed by atoms with E-state index >= 15 is 0 Å². The Labute approximate surface area is 229 Å². The molecule has 3 atom stereocenters. The maximum atomic E-state index is 13.2. The molecule has 0 unspecified atom stereocenters. The first kappa shape index (κ1) is 28.0. The molecule has 0 bridgehead atoms. The third kappa shape index (κ3) is 7.31. The SMILES string of the molecule is N[C@H](C(=O)NC(=O)[C@@H]1CCCC[C@H]1c1ccc(CN(C(=O)NCCO)c2ccccc2)cc1)c1ccccc1. The number of hydrogen-bond acceptors (Lipinski definition) is 5. The summed E-state index contributed by atoms with van der Waals surface area (Å²) < 4.78 is 0. The number of hydrogen-bond donors (Lipinski definition) is 4. The smallest absolute Gasteiger partial charge is 0.322 e. The van der Waals surface area contributed by atoms with Crippen molar-refractivity contribution < 1.29 is 19.5 Å². The second-order valence-electron chi connectivity index (χ2n) is 9.86. The summed E-state index contributed by atoms with van der Waals surface area (Å²) in [6, 6.07) is 25.2. The Morgan fingerprint density at radius 1 is 0.897 bits per heavy atom. The summed E-state index contributed by atoms with van der Waals surface area (Å²) in [5.74, 6) is -1.10. The molecule has 39 heavy (non-hydrogen) atoms. The summed E-state index contributed by atoms with van der Waals surface area (Å²) in [5.41, 5.74) is 9.48. The lowest BCUT2D eigenvalue weighted by atomic mass is 9.75. The summed E-state index contributed by atoms with van der Waals surface area (Å²) in [6.45, 7) is 0.385. The van der Waals surface area contributed by atoms with E-state index < -0.39 is 11.9 Å². The van der Waals surface area contributed by atoms with Crippen molar-refractivity contribution in [2.75, 3.05) is 18.1 Å². The molecule has 3 aromatic rings. The van der Waals surface area contributed by atoms with Crippen molar-refractivity contribution in [1.29, 1.82) is 0 Å². The van der Waals surface area contributed by atoms with Crippen LogP contribution in [0.15, 0.2) is 84.9 Å². The van der Waals surface area contributed by atoms with Gasteiger partial charge in [0.15, 0.2) is 0 Å². The van der Waals surface area contributed by atoms with Crippen molar-refractivity contribution >= 4 is 23.5 Å². The lowest BCUT2D eigenvalue weighted by Gasteiger charge is -2.31. The number of nitrogens with two attached hydrogens (primary N) is 1. The van der Waals surface area contributed by atoms with Gasteiger partial charge in [0.05, 0.1) is 13.2 Å². The van der Waals surface area contributed by atoms with Gasteiger partial charge in [-0.1, -0.05) is 85.6 Å². The summed E-state index contributed by atoms with van der Waals surface area (Å²) in [6.07, 6.45) is 3.51. The van der Waals surface area contributed by atoms with Gasteiger partial charge in [-0.2, -0.15) is 0 Å². The largest absolute Gasteiger partial charge is 0.395 e. The molecule has 5 N–H and O–H groups in total. The van der Waals surface area contributed by atoms with E-state index in [9.17, 15) is 14.4 Å². The average Bonchev–Trinajstić information content (AvgIpc) is 2.99. The molecule has 3 aromatic carbocycles. The number of benzene rings is 3. The van der Waals surface area contributed by atoms with E-state index in [1.165, 1.54) is 0 Å². The highest BCUT2D eigenvalue weighted by molar-refractivity contribution is 5.99. The minimum Gasteiger partial charge on any atom is -0.395 e. The van der Waals surface area contributed by atoms with E-state index in [-0.39, 0.29) is 36.9 Å². The van der Waals surface area contributed by atoms with Crippen molar-refractivity contribution in [3.8, 4) is 0 Å². The molecule has 0 radical (unpaired) electrons. The normalized spacial score (nSPS) is 17.6. The summed E-state index contributed by atoms with van der Waals surface area (Å²) in [7, 11) is 0. The van der Waals surface area contributed by atoms with Gasteiger partial charge in [-0.05, 0) is 47.6 Å². The Morgan fingerprint density at radius 2 is 1.54 bits per heavy atom. The first-order valence-corrected chi connectivity index (χ1v) is 13.4. The average molecular weight is 529 g/mol. The quantitative estimate of drug-likeness (QED) is 0.334. The third-order valence-corrected chi connectivity index (χ3v) is 7.24. The Hall–Kier alpha value is -4.01. The standard InChI is InChI=1S/C31H36N4O4/c32-28(24-9-3-1-4-10-24)30(38)34-29(37)27-14-8-7-13-26(27)23-17-15-22(16-18-23)21-35(31(39)33-19-20-36)25-11-5-2-6-12-25/h1-6,9-12,15-18,26-28,36H,7-8,13-14,19-21,32H2,(H,33,39)(H,34,37,38)/t26-,27+,28-/m0/s1. The van der Waals surface area contributed by atoms with Crippen LogP contribution in [0.5, 0.6) is 0 Å². The molecule has 0 aliphatic heterocycles. The number of amides is 4. The number of anilines is 1. The Bertz CT molecular complexity index is 1230. The second kappa shape index (κ2) is 13.7. The van der Waals surface area contributed by atoms with Crippen molar-refractivity contribution in [3.05, 3.63) is 102 Å². The molecule has 204 valence electrons. The highest BCUT2D eigenvalue weighted by Gasteiger charge is 2.33. The minimum absolute atomic E-state index is 0.00775. The molecule has 4 rings (SSSR count). The van der Waals surface area contributed by atoms with Crippen molar-refractivity contribution in [3.63, 3.8) is 0 Å². The van der Waals surface area contributed by atoms with Crippen LogP contribution < -0.4 is 21.3 Å². The topological polar surface area (TPSA) is 125 Å². The number of carbonyl (C=O) groups excluding carboxylic acids is 3. The number of aliphatic hydroxyl groups excluding tert-OH is 1.